The number of rotatable bonds is 8. The fourth-order valence-corrected chi connectivity index (χ4v) is 4.33. The maximum atomic E-state index is 6.18. The standard InChI is InChI=1S/C26H24Cl2N6O2/c27-21-8-4-17(5-9-21)12-14-33-23(25(29)35-31-33)19-2-1-3-20(16-19)24-26(30)36-32-34(24)15-13-18-6-10-22(28)11-7-18/h1-11,16H,12-15,29-30H2/q+2. The lowest BCUT2D eigenvalue weighted by atomic mass is 10.0. The summed E-state index contributed by atoms with van der Waals surface area (Å²) in [6.45, 7) is 1.16. The Morgan fingerprint density at radius 3 is 1.47 bits per heavy atom. The highest BCUT2D eigenvalue weighted by molar-refractivity contribution is 6.30. The number of aryl methyl sites for hydroxylation is 4. The van der Waals surface area contributed by atoms with Crippen molar-refractivity contribution in [3.8, 4) is 22.5 Å². The third-order valence-corrected chi connectivity index (χ3v) is 6.42. The van der Waals surface area contributed by atoms with Crippen molar-refractivity contribution in [1.82, 2.24) is 10.5 Å². The van der Waals surface area contributed by atoms with Crippen LogP contribution in [0.4, 0.5) is 11.8 Å². The minimum absolute atomic E-state index is 0.233. The number of anilines is 2. The smallest absolute Gasteiger partial charge is 0.304 e. The topological polar surface area (TPSA) is 112 Å². The van der Waals surface area contributed by atoms with Gasteiger partial charge in [0.05, 0.1) is 11.1 Å². The van der Waals surface area contributed by atoms with Gasteiger partial charge in [0.1, 0.15) is 0 Å². The van der Waals surface area contributed by atoms with Crippen molar-refractivity contribution >= 4 is 35.0 Å². The van der Waals surface area contributed by atoms with E-state index in [2.05, 4.69) is 10.5 Å². The molecule has 5 aromatic rings. The number of aromatic nitrogens is 4. The molecule has 182 valence electrons. The van der Waals surface area contributed by atoms with Crippen LogP contribution in [0.5, 0.6) is 0 Å². The normalized spacial score (nSPS) is 11.2. The molecule has 4 N–H and O–H groups in total. The molecule has 0 atom stereocenters. The Hall–Kier alpha value is -3.88. The lowest BCUT2D eigenvalue weighted by molar-refractivity contribution is -0.752. The molecule has 36 heavy (non-hydrogen) atoms. The van der Waals surface area contributed by atoms with Crippen molar-refractivity contribution in [2.45, 2.75) is 25.9 Å². The van der Waals surface area contributed by atoms with Crippen molar-refractivity contribution in [1.29, 1.82) is 0 Å². The van der Waals surface area contributed by atoms with Crippen LogP contribution >= 0.6 is 23.2 Å². The molecule has 0 spiro atoms. The van der Waals surface area contributed by atoms with E-state index in [1.165, 1.54) is 0 Å². The summed E-state index contributed by atoms with van der Waals surface area (Å²) >= 11 is 12.0. The number of hydrogen-bond acceptors (Lipinski definition) is 6. The average molecular weight is 523 g/mol. The molecule has 0 bridgehead atoms. The molecule has 2 aromatic heterocycles. The first kappa shape index (κ1) is 23.8. The molecule has 0 fully saturated rings. The Balaban J connectivity index is 1.40. The van der Waals surface area contributed by atoms with Gasteiger partial charge >= 0.3 is 23.2 Å². The van der Waals surface area contributed by atoms with Crippen LogP contribution in [0.25, 0.3) is 22.5 Å². The van der Waals surface area contributed by atoms with Crippen LogP contribution in [0, 0.1) is 0 Å². The molecule has 0 amide bonds. The molecule has 0 saturated carbocycles. The highest BCUT2D eigenvalue weighted by Gasteiger charge is 2.28. The maximum absolute atomic E-state index is 6.18. The van der Waals surface area contributed by atoms with Crippen LogP contribution in [0.2, 0.25) is 10.0 Å². The van der Waals surface area contributed by atoms with Crippen molar-refractivity contribution in [2.75, 3.05) is 11.5 Å². The molecule has 0 saturated heterocycles. The van der Waals surface area contributed by atoms with Gasteiger partial charge in [-0.1, -0.05) is 53.5 Å². The van der Waals surface area contributed by atoms with Gasteiger partial charge in [-0.3, -0.25) is 9.05 Å². The summed E-state index contributed by atoms with van der Waals surface area (Å²) in [6.07, 6.45) is 1.48. The monoisotopic (exact) mass is 522 g/mol. The van der Waals surface area contributed by atoms with E-state index in [-0.39, 0.29) is 11.8 Å². The van der Waals surface area contributed by atoms with Gasteiger partial charge in [-0.2, -0.15) is 0 Å². The van der Waals surface area contributed by atoms with Gasteiger partial charge < -0.3 is 11.5 Å². The molecule has 5 rings (SSSR count). The molecule has 0 aliphatic rings. The predicted molar refractivity (Wildman–Crippen MR) is 137 cm³/mol. The van der Waals surface area contributed by atoms with Crippen molar-refractivity contribution in [3.05, 3.63) is 94.0 Å². The molecule has 0 aliphatic heterocycles. The van der Waals surface area contributed by atoms with Gasteiger partial charge in [0.15, 0.2) is 13.1 Å². The van der Waals surface area contributed by atoms with Gasteiger partial charge in [-0.15, -0.1) is 0 Å². The molecule has 0 radical (unpaired) electrons. The van der Waals surface area contributed by atoms with Crippen molar-refractivity contribution in [3.63, 3.8) is 0 Å². The third-order valence-electron chi connectivity index (χ3n) is 5.92. The van der Waals surface area contributed by atoms with E-state index in [1.54, 1.807) is 9.36 Å². The average Bonchev–Trinajstić information content (AvgIpc) is 3.45. The van der Waals surface area contributed by atoms with Crippen molar-refractivity contribution in [2.24, 2.45) is 0 Å². The van der Waals surface area contributed by atoms with Crippen molar-refractivity contribution < 1.29 is 18.4 Å². The van der Waals surface area contributed by atoms with E-state index in [0.29, 0.717) is 34.5 Å². The van der Waals surface area contributed by atoms with Gasteiger partial charge in [0.2, 0.25) is 10.5 Å². The summed E-state index contributed by atoms with van der Waals surface area (Å²) in [6, 6.07) is 23.2. The minimum Gasteiger partial charge on any atom is -0.362 e. The summed E-state index contributed by atoms with van der Waals surface area (Å²) in [5, 5.41) is 9.69. The number of benzene rings is 3. The van der Waals surface area contributed by atoms with Crippen LogP contribution in [0.3, 0.4) is 0 Å². The summed E-state index contributed by atoms with van der Waals surface area (Å²) < 4.78 is 14.2. The number of nitrogens with two attached hydrogens (primary N) is 2. The second-order valence-corrected chi connectivity index (χ2v) is 9.22. The fourth-order valence-electron chi connectivity index (χ4n) is 4.08. The number of hydrogen-bond donors (Lipinski definition) is 2. The van der Waals surface area contributed by atoms with E-state index in [4.69, 9.17) is 43.7 Å². The summed E-state index contributed by atoms with van der Waals surface area (Å²) in [5.74, 6) is 0.467. The van der Waals surface area contributed by atoms with E-state index in [1.807, 2.05) is 72.8 Å². The van der Waals surface area contributed by atoms with Gasteiger partial charge in [0.25, 0.3) is 0 Å². The largest absolute Gasteiger partial charge is 0.362 e. The van der Waals surface area contributed by atoms with Crippen LogP contribution in [-0.2, 0) is 25.9 Å². The van der Waals surface area contributed by atoms with Gasteiger partial charge in [-0.25, -0.2) is 0 Å². The number of nitrogen functional groups attached to an aromatic ring is 2. The van der Waals surface area contributed by atoms with Crippen LogP contribution < -0.4 is 20.8 Å². The highest BCUT2D eigenvalue weighted by atomic mass is 35.5. The van der Waals surface area contributed by atoms with E-state index >= 15 is 0 Å². The lowest BCUT2D eigenvalue weighted by Crippen LogP contribution is -2.39. The number of halogens is 2. The van der Waals surface area contributed by atoms with Gasteiger partial charge in [0, 0.05) is 22.9 Å². The first-order valence-electron chi connectivity index (χ1n) is 11.4. The van der Waals surface area contributed by atoms with Crippen LogP contribution in [0.1, 0.15) is 11.1 Å². The molecule has 10 heteroatoms. The Labute approximate surface area is 217 Å². The zero-order valence-corrected chi connectivity index (χ0v) is 20.8. The third kappa shape index (κ3) is 5.19. The maximum Gasteiger partial charge on any atom is 0.304 e. The van der Waals surface area contributed by atoms with E-state index in [9.17, 15) is 0 Å². The van der Waals surface area contributed by atoms with E-state index < -0.39 is 0 Å². The predicted octanol–water partition coefficient (Wildman–Crippen LogP) is 4.53. The summed E-state index contributed by atoms with van der Waals surface area (Å²) in [5.41, 5.74) is 17.7. The molecule has 0 aliphatic carbocycles. The molecular formula is C26H24Cl2N6O2+2. The molecular weight excluding hydrogens is 499 g/mol. The Bertz CT molecular complexity index is 1370. The Kier molecular flexibility index (Phi) is 6.88. The number of nitrogens with zero attached hydrogens (tertiary/aromatic N) is 4. The SMILES string of the molecule is Nc1on[n+](CCc2ccc(Cl)cc2)c1-c1cccc(-c2c(N)on[n+]2CCc2ccc(Cl)cc2)c1. The van der Waals surface area contributed by atoms with Crippen LogP contribution in [-0.4, -0.2) is 10.5 Å². The molecule has 3 aromatic carbocycles. The quantitative estimate of drug-likeness (QED) is 0.289. The zero-order valence-electron chi connectivity index (χ0n) is 19.3. The molecule has 8 nitrogen and oxygen atoms in total. The molecule has 0 unspecified atom stereocenters. The zero-order chi connectivity index (χ0) is 25.1. The second-order valence-electron chi connectivity index (χ2n) is 8.35. The van der Waals surface area contributed by atoms with Crippen LogP contribution in [0.15, 0.2) is 81.8 Å². The highest BCUT2D eigenvalue weighted by Crippen LogP contribution is 2.29. The first-order chi connectivity index (χ1) is 17.5. The summed E-state index contributed by atoms with van der Waals surface area (Å²) in [7, 11) is 0. The van der Waals surface area contributed by atoms with Gasteiger partial charge in [-0.05, 0) is 63.0 Å². The summed E-state index contributed by atoms with van der Waals surface area (Å²) in [4.78, 5) is 0. The first-order valence-corrected chi connectivity index (χ1v) is 12.1. The fraction of sp³-hybridized carbons (Fsp3) is 0.154. The lowest BCUT2D eigenvalue weighted by Gasteiger charge is -2.01. The Morgan fingerprint density at radius 2 is 1.06 bits per heavy atom. The molecule has 2 heterocycles. The Morgan fingerprint density at radius 1 is 0.639 bits per heavy atom. The van der Waals surface area contributed by atoms with E-state index in [0.717, 1.165) is 35.1 Å². The minimum atomic E-state index is 0.233. The second kappa shape index (κ2) is 10.4.